The topological polar surface area (TPSA) is 80.3 Å². The summed E-state index contributed by atoms with van der Waals surface area (Å²) in [5, 5.41) is 0. The Kier molecular flexibility index (Phi) is 4.46. The number of hydrogen-bond donors (Lipinski definition) is 1. The lowest BCUT2D eigenvalue weighted by Crippen LogP contribution is -2.29. The molecule has 2 aromatic rings. The molecule has 0 amide bonds. The summed E-state index contributed by atoms with van der Waals surface area (Å²) in [5.41, 5.74) is 0.929. The van der Waals surface area contributed by atoms with E-state index in [1.165, 1.54) is 24.3 Å². The minimum atomic E-state index is -3.84. The van der Waals surface area contributed by atoms with E-state index >= 15 is 0 Å². The van der Waals surface area contributed by atoms with Crippen LogP contribution >= 0.6 is 0 Å². The molecule has 0 radical (unpaired) electrons. The number of benzene rings is 2. The second-order valence-electron chi connectivity index (χ2n) is 4.53. The highest BCUT2D eigenvalue weighted by Crippen LogP contribution is 2.13. The quantitative estimate of drug-likeness (QED) is 0.907. The van der Waals surface area contributed by atoms with Gasteiger partial charge in [0, 0.05) is 0 Å². The summed E-state index contributed by atoms with van der Waals surface area (Å²) in [4.78, 5) is 0.118. The van der Waals surface area contributed by atoms with Crippen LogP contribution < -0.4 is 4.72 Å². The van der Waals surface area contributed by atoms with Gasteiger partial charge in [-0.05, 0) is 31.2 Å². The van der Waals surface area contributed by atoms with Crippen molar-refractivity contribution in [1.29, 1.82) is 0 Å². The van der Waals surface area contributed by atoms with Crippen molar-refractivity contribution in [1.82, 2.24) is 4.72 Å². The number of sulfone groups is 1. The molecule has 0 bridgehead atoms. The second kappa shape index (κ2) is 5.97. The van der Waals surface area contributed by atoms with Crippen LogP contribution in [0.25, 0.3) is 0 Å². The van der Waals surface area contributed by atoms with E-state index < -0.39 is 25.7 Å². The Morgan fingerprint density at radius 3 is 1.95 bits per heavy atom. The zero-order valence-electron chi connectivity index (χ0n) is 11.4. The number of rotatable bonds is 5. The van der Waals surface area contributed by atoms with Crippen LogP contribution in [0.15, 0.2) is 64.4 Å². The normalized spacial score (nSPS) is 12.2. The van der Waals surface area contributed by atoms with Gasteiger partial charge in [0.1, 0.15) is 5.88 Å². The molecular weight excluding hydrogens is 310 g/mol. The van der Waals surface area contributed by atoms with Gasteiger partial charge in [0.15, 0.2) is 9.84 Å². The standard InChI is InChI=1S/C14H15NO4S2/c1-12-7-9-13(10-8-12)20(16,17)11-15-21(18,19)14-5-3-2-4-6-14/h2-10,15H,11H2,1H3. The van der Waals surface area contributed by atoms with Crippen LogP contribution in [0.3, 0.4) is 0 Å². The molecule has 0 aliphatic carbocycles. The minimum absolute atomic E-state index is 0.0316. The average Bonchev–Trinajstić information content (AvgIpc) is 2.47. The van der Waals surface area contributed by atoms with Crippen molar-refractivity contribution >= 4 is 19.9 Å². The van der Waals surface area contributed by atoms with Gasteiger partial charge < -0.3 is 0 Å². The molecule has 2 aromatic carbocycles. The SMILES string of the molecule is Cc1ccc(S(=O)(=O)CNS(=O)(=O)c2ccccc2)cc1. The number of hydrogen-bond acceptors (Lipinski definition) is 4. The van der Waals surface area contributed by atoms with Crippen molar-refractivity contribution in [3.63, 3.8) is 0 Å². The number of aryl methyl sites for hydroxylation is 1. The number of nitrogens with one attached hydrogen (secondary N) is 1. The molecule has 0 unspecified atom stereocenters. The van der Waals surface area contributed by atoms with Crippen LogP contribution in [-0.2, 0) is 19.9 Å². The number of sulfonamides is 1. The first-order chi connectivity index (χ1) is 9.81. The molecule has 0 saturated heterocycles. The highest BCUT2D eigenvalue weighted by Gasteiger charge is 2.20. The zero-order valence-corrected chi connectivity index (χ0v) is 13.0. The van der Waals surface area contributed by atoms with E-state index in [-0.39, 0.29) is 9.79 Å². The summed E-state index contributed by atoms with van der Waals surface area (Å²) in [6.45, 7) is 1.84. The van der Waals surface area contributed by atoms with Gasteiger partial charge in [-0.3, -0.25) is 0 Å². The molecule has 0 fully saturated rings. The minimum Gasteiger partial charge on any atom is -0.222 e. The summed E-state index contributed by atoms with van der Waals surface area (Å²) in [6.07, 6.45) is 0. The highest BCUT2D eigenvalue weighted by atomic mass is 32.2. The fourth-order valence-electron chi connectivity index (χ4n) is 1.67. The third kappa shape index (κ3) is 3.90. The van der Waals surface area contributed by atoms with Crippen molar-refractivity contribution in [2.24, 2.45) is 0 Å². The van der Waals surface area contributed by atoms with E-state index in [1.54, 1.807) is 30.3 Å². The molecule has 21 heavy (non-hydrogen) atoms. The Bertz CT molecular complexity index is 811. The van der Waals surface area contributed by atoms with Crippen LogP contribution in [-0.4, -0.2) is 22.7 Å². The van der Waals surface area contributed by atoms with Gasteiger partial charge in [0.05, 0.1) is 9.79 Å². The molecule has 7 heteroatoms. The molecule has 0 aliphatic heterocycles. The van der Waals surface area contributed by atoms with Crippen molar-refractivity contribution < 1.29 is 16.8 Å². The van der Waals surface area contributed by atoms with Crippen LogP contribution in [0.5, 0.6) is 0 Å². The Morgan fingerprint density at radius 1 is 0.810 bits per heavy atom. The van der Waals surface area contributed by atoms with E-state index in [0.29, 0.717) is 0 Å². The smallest absolute Gasteiger partial charge is 0.222 e. The van der Waals surface area contributed by atoms with E-state index in [4.69, 9.17) is 0 Å². The van der Waals surface area contributed by atoms with Crippen molar-refractivity contribution in [2.75, 3.05) is 5.88 Å². The monoisotopic (exact) mass is 325 g/mol. The fourth-order valence-corrected chi connectivity index (χ4v) is 4.31. The zero-order chi connectivity index (χ0) is 15.5. The maximum absolute atomic E-state index is 12.1. The first-order valence-corrected chi connectivity index (χ1v) is 9.29. The molecule has 0 atom stereocenters. The van der Waals surface area contributed by atoms with Gasteiger partial charge in [-0.2, -0.15) is 4.72 Å². The summed E-state index contributed by atoms with van der Waals surface area (Å²) in [7, 11) is -7.55. The predicted molar refractivity (Wildman–Crippen MR) is 80.0 cm³/mol. The predicted octanol–water partition coefficient (Wildman–Crippen LogP) is 1.70. The largest absolute Gasteiger partial charge is 0.241 e. The van der Waals surface area contributed by atoms with Gasteiger partial charge in [-0.25, -0.2) is 16.8 Å². The molecule has 0 spiro atoms. The first-order valence-electron chi connectivity index (χ1n) is 6.15. The Morgan fingerprint density at radius 2 is 1.38 bits per heavy atom. The highest BCUT2D eigenvalue weighted by molar-refractivity contribution is 7.94. The van der Waals surface area contributed by atoms with Crippen LogP contribution in [0, 0.1) is 6.92 Å². The van der Waals surface area contributed by atoms with Gasteiger partial charge >= 0.3 is 0 Å². The molecule has 0 heterocycles. The van der Waals surface area contributed by atoms with Crippen molar-refractivity contribution in [3.05, 3.63) is 60.2 Å². The van der Waals surface area contributed by atoms with Gasteiger partial charge in [-0.15, -0.1) is 0 Å². The van der Waals surface area contributed by atoms with Crippen LogP contribution in [0.4, 0.5) is 0 Å². The second-order valence-corrected chi connectivity index (χ2v) is 8.29. The lowest BCUT2D eigenvalue weighted by atomic mass is 10.2. The van der Waals surface area contributed by atoms with Gasteiger partial charge in [-0.1, -0.05) is 35.9 Å². The lowest BCUT2D eigenvalue weighted by Gasteiger charge is -2.08. The molecule has 2 rings (SSSR count). The molecule has 112 valence electrons. The summed E-state index contributed by atoms with van der Waals surface area (Å²) >= 11 is 0. The third-order valence-corrected chi connectivity index (χ3v) is 5.99. The first kappa shape index (κ1) is 15.7. The summed E-state index contributed by atoms with van der Waals surface area (Å²) in [5.74, 6) is -0.673. The fraction of sp³-hybridized carbons (Fsp3) is 0.143. The molecule has 5 nitrogen and oxygen atoms in total. The van der Waals surface area contributed by atoms with E-state index in [9.17, 15) is 16.8 Å². The summed E-state index contributed by atoms with van der Waals surface area (Å²) < 4.78 is 50.3. The molecule has 0 aromatic heterocycles. The van der Waals surface area contributed by atoms with Crippen molar-refractivity contribution in [3.8, 4) is 0 Å². The van der Waals surface area contributed by atoms with E-state index in [0.717, 1.165) is 5.56 Å². The third-order valence-electron chi connectivity index (χ3n) is 2.87. The van der Waals surface area contributed by atoms with E-state index in [2.05, 4.69) is 4.72 Å². The molecule has 1 N–H and O–H groups in total. The molecular formula is C14H15NO4S2. The maximum atomic E-state index is 12.1. The van der Waals surface area contributed by atoms with Crippen LogP contribution in [0.2, 0.25) is 0 Å². The van der Waals surface area contributed by atoms with Crippen LogP contribution in [0.1, 0.15) is 5.56 Å². The summed E-state index contributed by atoms with van der Waals surface area (Å²) in [6, 6.07) is 13.9. The molecule has 0 aliphatic rings. The van der Waals surface area contributed by atoms with Gasteiger partial charge in [0.25, 0.3) is 0 Å². The Balaban J connectivity index is 2.17. The van der Waals surface area contributed by atoms with Gasteiger partial charge in [0.2, 0.25) is 10.0 Å². The average molecular weight is 325 g/mol. The Labute approximate surface area is 124 Å². The van der Waals surface area contributed by atoms with Crippen molar-refractivity contribution in [2.45, 2.75) is 16.7 Å². The lowest BCUT2D eigenvalue weighted by molar-refractivity contribution is 0.576. The molecule has 0 saturated carbocycles. The Hall–Kier alpha value is -1.70. The maximum Gasteiger partial charge on any atom is 0.241 e. The van der Waals surface area contributed by atoms with E-state index in [1.807, 2.05) is 6.92 Å².